The van der Waals surface area contributed by atoms with E-state index in [1.54, 1.807) is 10.9 Å². The van der Waals surface area contributed by atoms with Crippen molar-refractivity contribution in [2.45, 2.75) is 6.42 Å². The first kappa shape index (κ1) is 15.5. The highest BCUT2D eigenvalue weighted by Crippen LogP contribution is 2.31. The summed E-state index contributed by atoms with van der Waals surface area (Å²) in [5.74, 6) is 0. The fourth-order valence-corrected chi connectivity index (χ4v) is 3.52. The van der Waals surface area contributed by atoms with Crippen molar-refractivity contribution >= 4 is 27.6 Å². The number of para-hydroxylation sites is 3. The third-order valence-corrected chi connectivity index (χ3v) is 4.67. The number of pyridine rings is 1. The summed E-state index contributed by atoms with van der Waals surface area (Å²) in [5, 5.41) is 28.3. The van der Waals surface area contributed by atoms with Crippen molar-refractivity contribution in [3.8, 4) is 11.8 Å². The highest BCUT2D eigenvalue weighted by molar-refractivity contribution is 5.98. The number of aliphatic hydroxyl groups excluding tert-OH is 1. The van der Waals surface area contributed by atoms with Crippen LogP contribution in [0.15, 0.2) is 54.7 Å². The molecule has 5 rings (SSSR count). The Morgan fingerprint density at radius 2 is 1.81 bits per heavy atom. The van der Waals surface area contributed by atoms with Gasteiger partial charge >= 0.3 is 0 Å². The van der Waals surface area contributed by atoms with Gasteiger partial charge < -0.3 is 5.11 Å². The van der Waals surface area contributed by atoms with Crippen LogP contribution in [0.3, 0.4) is 0 Å². The van der Waals surface area contributed by atoms with Crippen molar-refractivity contribution < 1.29 is 5.11 Å². The van der Waals surface area contributed by atoms with Crippen LogP contribution in [0.2, 0.25) is 0 Å². The lowest BCUT2D eigenvalue weighted by molar-refractivity contribution is 0.298. The van der Waals surface area contributed by atoms with Crippen LogP contribution in [0.5, 0.6) is 0 Å². The molecule has 5 aromatic rings. The Hall–Kier alpha value is -3.76. The number of imidazole rings is 1. The maximum absolute atomic E-state index is 9.97. The average molecular weight is 354 g/mol. The van der Waals surface area contributed by atoms with Crippen LogP contribution < -0.4 is 0 Å². The van der Waals surface area contributed by atoms with Crippen LogP contribution in [-0.2, 0) is 6.42 Å². The molecule has 3 heterocycles. The van der Waals surface area contributed by atoms with E-state index in [-0.39, 0.29) is 6.61 Å². The largest absolute Gasteiger partial charge is 0.396 e. The number of hydrogen-bond donors (Lipinski definition) is 1. The average Bonchev–Trinajstić information content (AvgIpc) is 3.31. The molecule has 1 N–H and O–H groups in total. The van der Waals surface area contributed by atoms with E-state index in [4.69, 9.17) is 10.1 Å². The normalized spacial score (nSPS) is 11.4. The highest BCUT2D eigenvalue weighted by Gasteiger charge is 2.20. The van der Waals surface area contributed by atoms with Gasteiger partial charge in [-0.05, 0) is 18.2 Å². The first-order valence-electron chi connectivity index (χ1n) is 8.56. The molecule has 0 amide bonds. The van der Waals surface area contributed by atoms with Crippen molar-refractivity contribution in [3.63, 3.8) is 0 Å². The van der Waals surface area contributed by atoms with Crippen LogP contribution in [0.1, 0.15) is 11.3 Å². The van der Waals surface area contributed by atoms with Crippen LogP contribution in [0.25, 0.3) is 33.3 Å². The molecule has 0 aliphatic heterocycles. The van der Waals surface area contributed by atoms with E-state index in [0.717, 1.165) is 21.9 Å². The van der Waals surface area contributed by atoms with E-state index in [1.165, 1.54) is 0 Å². The molecule has 0 aliphatic carbocycles. The molecule has 0 saturated heterocycles. The van der Waals surface area contributed by atoms with Gasteiger partial charge in [-0.25, -0.2) is 9.67 Å². The Morgan fingerprint density at radius 1 is 1.04 bits per heavy atom. The zero-order valence-corrected chi connectivity index (χ0v) is 14.2. The smallest absolute Gasteiger partial charge is 0.158 e. The van der Waals surface area contributed by atoms with Gasteiger partial charge in [-0.3, -0.25) is 4.40 Å². The molecule has 0 fully saturated rings. The van der Waals surface area contributed by atoms with Crippen molar-refractivity contribution in [2.24, 2.45) is 0 Å². The molecule has 0 bridgehead atoms. The number of aromatic nitrogens is 5. The summed E-state index contributed by atoms with van der Waals surface area (Å²) in [6.45, 7) is -0.00473. The van der Waals surface area contributed by atoms with E-state index < -0.39 is 0 Å². The van der Waals surface area contributed by atoms with Crippen LogP contribution in [-0.4, -0.2) is 36.1 Å². The van der Waals surface area contributed by atoms with Crippen molar-refractivity contribution in [3.05, 3.63) is 66.0 Å². The predicted molar refractivity (Wildman–Crippen MR) is 101 cm³/mol. The summed E-state index contributed by atoms with van der Waals surface area (Å²) in [7, 11) is 0. The third kappa shape index (κ3) is 2.21. The lowest BCUT2D eigenvalue weighted by Crippen LogP contribution is -2.04. The number of nitrogens with zero attached hydrogens (tertiary/aromatic N) is 6. The number of hydrogen-bond acceptors (Lipinski definition) is 5. The van der Waals surface area contributed by atoms with Gasteiger partial charge in [0.25, 0.3) is 0 Å². The second kappa shape index (κ2) is 5.90. The molecule has 7 nitrogen and oxygen atoms in total. The third-order valence-electron chi connectivity index (χ3n) is 4.67. The molecule has 3 aromatic heterocycles. The van der Waals surface area contributed by atoms with Crippen LogP contribution in [0, 0.1) is 11.3 Å². The van der Waals surface area contributed by atoms with Gasteiger partial charge in [-0.15, -0.1) is 5.10 Å². The highest BCUT2D eigenvalue weighted by atomic mass is 16.3. The summed E-state index contributed by atoms with van der Waals surface area (Å²) < 4.78 is 3.61. The number of benzene rings is 2. The van der Waals surface area contributed by atoms with Gasteiger partial charge in [0.15, 0.2) is 5.65 Å². The van der Waals surface area contributed by atoms with Crippen molar-refractivity contribution in [1.82, 2.24) is 24.4 Å². The van der Waals surface area contributed by atoms with Gasteiger partial charge in [-0.1, -0.05) is 35.5 Å². The molecule has 2 aromatic carbocycles. The van der Waals surface area contributed by atoms with Crippen LogP contribution >= 0.6 is 0 Å². The zero-order chi connectivity index (χ0) is 18.4. The minimum Gasteiger partial charge on any atom is -0.396 e. The lowest BCUT2D eigenvalue weighted by atomic mass is 10.1. The number of rotatable bonds is 3. The molecule has 0 spiro atoms. The standard InChI is InChI=1S/C20H14N6O/c21-11-15-19(25-12-13(9-10-27)23-24-25)14-5-1-3-7-17(14)26-18-8-4-2-6-16(18)22-20(15)26/h1-8,12,27H,9-10H2. The van der Waals surface area contributed by atoms with E-state index in [1.807, 2.05) is 52.9 Å². The molecular formula is C20H14N6O. The fraction of sp³-hybridized carbons (Fsp3) is 0.100. The summed E-state index contributed by atoms with van der Waals surface area (Å²) in [5.41, 5.74) is 5.06. The van der Waals surface area contributed by atoms with Gasteiger partial charge in [0.05, 0.1) is 34.1 Å². The fourth-order valence-electron chi connectivity index (χ4n) is 3.52. The minimum absolute atomic E-state index is 0.00473. The molecule has 0 unspecified atom stereocenters. The van der Waals surface area contributed by atoms with Crippen molar-refractivity contribution in [2.75, 3.05) is 6.61 Å². The number of aliphatic hydroxyl groups is 1. The maximum atomic E-state index is 9.97. The van der Waals surface area contributed by atoms with E-state index in [9.17, 15) is 5.26 Å². The number of fused-ring (bicyclic) bond motifs is 5. The maximum Gasteiger partial charge on any atom is 0.158 e. The molecular weight excluding hydrogens is 340 g/mol. The molecule has 0 aliphatic rings. The second-order valence-corrected chi connectivity index (χ2v) is 6.24. The second-order valence-electron chi connectivity index (χ2n) is 6.24. The Labute approximate surface area is 153 Å². The molecule has 0 radical (unpaired) electrons. The molecule has 7 heteroatoms. The summed E-state index contributed by atoms with van der Waals surface area (Å²) in [6, 6.07) is 18.0. The summed E-state index contributed by atoms with van der Waals surface area (Å²) in [6.07, 6.45) is 2.16. The van der Waals surface area contributed by atoms with Gasteiger partial charge in [0.2, 0.25) is 0 Å². The van der Waals surface area contributed by atoms with Gasteiger partial charge in [-0.2, -0.15) is 5.26 Å². The van der Waals surface area contributed by atoms with E-state index in [2.05, 4.69) is 16.4 Å². The SMILES string of the molecule is N#Cc1c(-n2cc(CCO)nn2)c2ccccc2n2c1nc1ccccc12. The van der Waals surface area contributed by atoms with E-state index >= 15 is 0 Å². The first-order valence-corrected chi connectivity index (χ1v) is 8.56. The Morgan fingerprint density at radius 3 is 2.63 bits per heavy atom. The molecule has 130 valence electrons. The Bertz CT molecular complexity index is 1360. The lowest BCUT2D eigenvalue weighted by Gasteiger charge is -2.11. The van der Waals surface area contributed by atoms with Gasteiger partial charge in [0.1, 0.15) is 11.6 Å². The predicted octanol–water partition coefficient (Wildman–Crippen LogP) is 2.63. The van der Waals surface area contributed by atoms with Gasteiger partial charge in [0, 0.05) is 18.4 Å². The molecule has 27 heavy (non-hydrogen) atoms. The molecule has 0 saturated carbocycles. The summed E-state index contributed by atoms with van der Waals surface area (Å²) >= 11 is 0. The summed E-state index contributed by atoms with van der Waals surface area (Å²) in [4.78, 5) is 4.70. The first-order chi connectivity index (χ1) is 13.3. The van der Waals surface area contributed by atoms with Crippen molar-refractivity contribution in [1.29, 1.82) is 5.26 Å². The Balaban J connectivity index is 1.97. The van der Waals surface area contributed by atoms with E-state index in [0.29, 0.717) is 29.0 Å². The minimum atomic E-state index is -0.00473. The quantitative estimate of drug-likeness (QED) is 0.538. The molecule has 0 atom stereocenters. The monoisotopic (exact) mass is 354 g/mol. The zero-order valence-electron chi connectivity index (χ0n) is 14.2. The Kier molecular flexibility index (Phi) is 3.38. The van der Waals surface area contributed by atoms with Crippen LogP contribution in [0.4, 0.5) is 0 Å². The topological polar surface area (TPSA) is 92.0 Å². The number of nitriles is 1.